The Bertz CT molecular complexity index is 821. The summed E-state index contributed by atoms with van der Waals surface area (Å²) < 4.78 is 6.04. The summed E-state index contributed by atoms with van der Waals surface area (Å²) in [6.07, 6.45) is 5.07. The number of nitrogens with zero attached hydrogens (tertiary/aromatic N) is 2. The molecule has 1 aliphatic carbocycles. The number of ether oxygens (including phenoxy) is 1. The zero-order valence-corrected chi connectivity index (χ0v) is 15.2. The van der Waals surface area contributed by atoms with Crippen molar-refractivity contribution in [3.63, 3.8) is 0 Å². The highest BCUT2D eigenvalue weighted by Gasteiger charge is 2.54. The van der Waals surface area contributed by atoms with Crippen LogP contribution in [0.3, 0.4) is 0 Å². The number of amides is 1. The van der Waals surface area contributed by atoms with Crippen molar-refractivity contribution in [2.24, 2.45) is 0 Å². The largest absolute Gasteiger partial charge is 0.360 e. The van der Waals surface area contributed by atoms with Crippen LogP contribution in [0.25, 0.3) is 0 Å². The van der Waals surface area contributed by atoms with E-state index in [0.717, 1.165) is 42.6 Å². The van der Waals surface area contributed by atoms with Gasteiger partial charge in [-0.25, -0.2) is 0 Å². The van der Waals surface area contributed by atoms with Gasteiger partial charge in [0.2, 0.25) is 0 Å². The summed E-state index contributed by atoms with van der Waals surface area (Å²) in [6.45, 7) is 0.986. The van der Waals surface area contributed by atoms with E-state index in [9.17, 15) is 4.79 Å². The second-order valence-corrected chi connectivity index (χ2v) is 7.39. The molecule has 1 aliphatic heterocycles. The molecule has 130 valence electrons. The SMILES string of the molecule is O=C(N1CCCc2ncccc21)C1(OCc2cc(Cl)ccc2Cl)CC1. The van der Waals surface area contributed by atoms with Gasteiger partial charge in [-0.1, -0.05) is 23.2 Å². The minimum Gasteiger partial charge on any atom is -0.360 e. The fourth-order valence-corrected chi connectivity index (χ4v) is 3.62. The second kappa shape index (κ2) is 6.60. The summed E-state index contributed by atoms with van der Waals surface area (Å²) in [7, 11) is 0. The maximum absolute atomic E-state index is 13.1. The molecule has 0 N–H and O–H groups in total. The zero-order valence-electron chi connectivity index (χ0n) is 13.7. The second-order valence-electron chi connectivity index (χ2n) is 6.55. The summed E-state index contributed by atoms with van der Waals surface area (Å²) >= 11 is 12.2. The van der Waals surface area contributed by atoms with Gasteiger partial charge in [-0.3, -0.25) is 9.78 Å². The number of rotatable bonds is 4. The lowest BCUT2D eigenvalue weighted by atomic mass is 10.1. The quantitative estimate of drug-likeness (QED) is 0.792. The van der Waals surface area contributed by atoms with Crippen LogP contribution in [-0.4, -0.2) is 23.0 Å². The van der Waals surface area contributed by atoms with Crippen LogP contribution >= 0.6 is 23.2 Å². The molecule has 0 bridgehead atoms. The lowest BCUT2D eigenvalue weighted by molar-refractivity contribution is -0.134. The average molecular weight is 377 g/mol. The first-order valence-electron chi connectivity index (χ1n) is 8.43. The van der Waals surface area contributed by atoms with Crippen molar-refractivity contribution in [1.29, 1.82) is 0 Å². The van der Waals surface area contributed by atoms with E-state index in [2.05, 4.69) is 4.98 Å². The summed E-state index contributed by atoms with van der Waals surface area (Å²) in [5, 5.41) is 1.20. The molecule has 2 aromatic rings. The number of carbonyl (C=O) groups is 1. The van der Waals surface area contributed by atoms with Crippen molar-refractivity contribution in [1.82, 2.24) is 4.98 Å². The molecule has 0 atom stereocenters. The molecule has 2 heterocycles. The third kappa shape index (κ3) is 3.26. The molecule has 0 saturated heterocycles. The third-order valence-electron chi connectivity index (χ3n) is 4.80. The number of aryl methyl sites for hydroxylation is 1. The minimum atomic E-state index is -0.740. The number of anilines is 1. The molecule has 0 radical (unpaired) electrons. The van der Waals surface area contributed by atoms with Crippen LogP contribution in [0.4, 0.5) is 5.69 Å². The number of pyridine rings is 1. The van der Waals surface area contributed by atoms with Gasteiger partial charge in [0.1, 0.15) is 5.60 Å². The Morgan fingerprint density at radius 1 is 1.28 bits per heavy atom. The fraction of sp³-hybridized carbons (Fsp3) is 0.368. The molecule has 0 spiro atoms. The highest BCUT2D eigenvalue weighted by molar-refractivity contribution is 6.33. The van der Waals surface area contributed by atoms with Crippen molar-refractivity contribution in [2.45, 2.75) is 37.9 Å². The monoisotopic (exact) mass is 376 g/mol. The molecule has 4 rings (SSSR count). The maximum Gasteiger partial charge on any atom is 0.259 e. The van der Waals surface area contributed by atoms with Crippen molar-refractivity contribution < 1.29 is 9.53 Å². The van der Waals surface area contributed by atoms with E-state index in [1.165, 1.54) is 0 Å². The predicted molar refractivity (Wildman–Crippen MR) is 98.1 cm³/mol. The molecule has 1 aromatic heterocycles. The van der Waals surface area contributed by atoms with E-state index >= 15 is 0 Å². The first kappa shape index (κ1) is 16.8. The number of fused-ring (bicyclic) bond motifs is 1. The Hall–Kier alpha value is -1.62. The Morgan fingerprint density at radius 2 is 2.12 bits per heavy atom. The summed E-state index contributed by atoms with van der Waals surface area (Å²) in [5.74, 6) is 0.0274. The summed E-state index contributed by atoms with van der Waals surface area (Å²) in [5.41, 5.74) is 1.95. The van der Waals surface area contributed by atoms with E-state index < -0.39 is 5.60 Å². The molecular weight excluding hydrogens is 359 g/mol. The highest BCUT2D eigenvalue weighted by atomic mass is 35.5. The van der Waals surface area contributed by atoms with Gasteiger partial charge in [0.05, 0.1) is 18.0 Å². The number of halogens is 2. The van der Waals surface area contributed by atoms with Gasteiger partial charge in [-0.2, -0.15) is 0 Å². The Kier molecular flexibility index (Phi) is 4.44. The van der Waals surface area contributed by atoms with Crippen LogP contribution in [-0.2, 0) is 22.6 Å². The summed E-state index contributed by atoms with van der Waals surface area (Å²) in [6, 6.07) is 9.10. The van der Waals surface area contributed by atoms with Gasteiger partial charge < -0.3 is 9.64 Å². The van der Waals surface area contributed by atoms with Crippen molar-refractivity contribution in [3.05, 3.63) is 57.8 Å². The van der Waals surface area contributed by atoms with E-state index in [-0.39, 0.29) is 12.5 Å². The number of hydrogen-bond acceptors (Lipinski definition) is 3. The van der Waals surface area contributed by atoms with Crippen LogP contribution in [0.5, 0.6) is 0 Å². The highest BCUT2D eigenvalue weighted by Crippen LogP contribution is 2.44. The van der Waals surface area contributed by atoms with Crippen LogP contribution in [0.2, 0.25) is 10.0 Å². The number of hydrogen-bond donors (Lipinski definition) is 0. The molecule has 6 heteroatoms. The predicted octanol–water partition coefficient (Wildman–Crippen LogP) is 4.42. The number of carbonyl (C=O) groups excluding carboxylic acids is 1. The van der Waals surface area contributed by atoms with Gasteiger partial charge >= 0.3 is 0 Å². The van der Waals surface area contributed by atoms with Crippen molar-refractivity contribution in [3.8, 4) is 0 Å². The normalized spacial score (nSPS) is 17.9. The van der Waals surface area contributed by atoms with E-state index in [4.69, 9.17) is 27.9 Å². The van der Waals surface area contributed by atoms with Crippen LogP contribution in [0.15, 0.2) is 36.5 Å². The van der Waals surface area contributed by atoms with Crippen LogP contribution in [0.1, 0.15) is 30.5 Å². The topological polar surface area (TPSA) is 42.4 Å². The zero-order chi connectivity index (χ0) is 17.4. The summed E-state index contributed by atoms with van der Waals surface area (Å²) in [4.78, 5) is 19.4. The van der Waals surface area contributed by atoms with E-state index in [1.54, 1.807) is 24.4 Å². The van der Waals surface area contributed by atoms with Crippen LogP contribution in [0, 0.1) is 0 Å². The number of benzene rings is 1. The maximum atomic E-state index is 13.1. The van der Waals surface area contributed by atoms with Gasteiger partial charge in [-0.05, 0) is 61.6 Å². The minimum absolute atomic E-state index is 0.0274. The Morgan fingerprint density at radius 3 is 2.92 bits per heavy atom. The molecule has 1 amide bonds. The molecule has 2 aliphatic rings. The van der Waals surface area contributed by atoms with Gasteiger partial charge in [-0.15, -0.1) is 0 Å². The van der Waals surface area contributed by atoms with Gasteiger partial charge in [0.25, 0.3) is 5.91 Å². The number of aromatic nitrogens is 1. The fourth-order valence-electron chi connectivity index (χ4n) is 3.25. The Balaban J connectivity index is 1.52. The van der Waals surface area contributed by atoms with Crippen molar-refractivity contribution >= 4 is 34.8 Å². The molecule has 1 fully saturated rings. The van der Waals surface area contributed by atoms with E-state index in [0.29, 0.717) is 16.6 Å². The smallest absolute Gasteiger partial charge is 0.259 e. The van der Waals surface area contributed by atoms with Crippen LogP contribution < -0.4 is 4.90 Å². The molecule has 4 nitrogen and oxygen atoms in total. The lowest BCUT2D eigenvalue weighted by Gasteiger charge is -2.31. The standard InChI is InChI=1S/C19H18Cl2N2O2/c20-14-5-6-15(21)13(11-14)12-25-19(7-8-19)18(24)23-10-2-3-16-17(23)4-1-9-22-16/h1,4-6,9,11H,2-3,7-8,10,12H2. The van der Waals surface area contributed by atoms with Gasteiger partial charge in [0.15, 0.2) is 0 Å². The van der Waals surface area contributed by atoms with E-state index in [1.807, 2.05) is 17.0 Å². The average Bonchev–Trinajstić information content (AvgIpc) is 3.42. The molecular formula is C19H18Cl2N2O2. The first-order valence-corrected chi connectivity index (χ1v) is 9.18. The lowest BCUT2D eigenvalue weighted by Crippen LogP contribution is -2.44. The molecule has 1 aromatic carbocycles. The molecule has 1 saturated carbocycles. The first-order chi connectivity index (χ1) is 12.1. The third-order valence-corrected chi connectivity index (χ3v) is 5.41. The Labute approximate surface area is 156 Å². The van der Waals surface area contributed by atoms with Crippen molar-refractivity contribution in [2.75, 3.05) is 11.4 Å². The van der Waals surface area contributed by atoms with Gasteiger partial charge in [0, 0.05) is 22.8 Å². The molecule has 0 unspecified atom stereocenters. The molecule has 25 heavy (non-hydrogen) atoms.